The number of aliphatic carboxylic acids is 1. The summed E-state index contributed by atoms with van der Waals surface area (Å²) >= 11 is 0. The van der Waals surface area contributed by atoms with Crippen molar-refractivity contribution in [1.29, 1.82) is 0 Å². The third-order valence-electron chi connectivity index (χ3n) is 6.56. The number of carboxylic acid groups (broad SMARTS) is 1. The van der Waals surface area contributed by atoms with Gasteiger partial charge in [0.1, 0.15) is 0 Å². The predicted octanol–water partition coefficient (Wildman–Crippen LogP) is 3.33. The molecule has 1 aromatic heterocycles. The highest BCUT2D eigenvalue weighted by Gasteiger charge is 2.53. The predicted molar refractivity (Wildman–Crippen MR) is 127 cm³/mol. The van der Waals surface area contributed by atoms with E-state index in [0.717, 1.165) is 12.0 Å². The molecule has 2 N–H and O–H groups in total. The Hall–Kier alpha value is -3.03. The van der Waals surface area contributed by atoms with E-state index in [1.807, 2.05) is 19.1 Å². The average molecular weight is 544 g/mol. The van der Waals surface area contributed by atoms with Crippen LogP contribution in [0.15, 0.2) is 53.7 Å². The van der Waals surface area contributed by atoms with Gasteiger partial charge in [0.05, 0.1) is 22.7 Å². The third-order valence-corrected chi connectivity index (χ3v) is 8.39. The Morgan fingerprint density at radius 2 is 1.81 bits per heavy atom. The molecule has 2 aliphatic rings. The van der Waals surface area contributed by atoms with Crippen LogP contribution in [0.5, 0.6) is 0 Å². The van der Waals surface area contributed by atoms with Crippen LogP contribution in [0.1, 0.15) is 25.3 Å². The van der Waals surface area contributed by atoms with Gasteiger partial charge >= 0.3 is 12.1 Å². The smallest absolute Gasteiger partial charge is 0.475 e. The second kappa shape index (κ2) is 11.6. The number of pyridine rings is 1. The van der Waals surface area contributed by atoms with Gasteiger partial charge < -0.3 is 15.2 Å². The molecule has 0 aliphatic carbocycles. The van der Waals surface area contributed by atoms with E-state index in [-0.39, 0.29) is 17.3 Å². The summed E-state index contributed by atoms with van der Waals surface area (Å²) in [5.74, 6) is -3.36. The Morgan fingerprint density at radius 3 is 2.32 bits per heavy atom. The monoisotopic (exact) mass is 543 g/mol. The van der Waals surface area contributed by atoms with Crippen LogP contribution in [-0.4, -0.2) is 67.2 Å². The number of anilines is 1. The van der Waals surface area contributed by atoms with Crippen LogP contribution in [-0.2, 0) is 30.8 Å². The van der Waals surface area contributed by atoms with E-state index in [1.165, 1.54) is 4.31 Å². The van der Waals surface area contributed by atoms with Crippen molar-refractivity contribution in [2.45, 2.75) is 37.3 Å². The van der Waals surface area contributed by atoms with Crippen LogP contribution >= 0.6 is 0 Å². The van der Waals surface area contributed by atoms with E-state index < -0.39 is 33.5 Å². The maximum absolute atomic E-state index is 13.3. The average Bonchev–Trinajstić information content (AvgIpc) is 3.24. The second-order valence-electron chi connectivity index (χ2n) is 8.86. The fourth-order valence-corrected chi connectivity index (χ4v) is 6.01. The van der Waals surface area contributed by atoms with Crippen molar-refractivity contribution in [3.8, 4) is 0 Å². The summed E-state index contributed by atoms with van der Waals surface area (Å²) in [5, 5.41) is 10.0. The number of hydrogen-bond acceptors (Lipinski definition) is 6. The van der Waals surface area contributed by atoms with Gasteiger partial charge in [-0.15, -0.1) is 0 Å². The molecule has 1 aromatic carbocycles. The quantitative estimate of drug-likeness (QED) is 0.593. The van der Waals surface area contributed by atoms with E-state index >= 15 is 0 Å². The molecule has 1 atom stereocenters. The maximum atomic E-state index is 13.3. The van der Waals surface area contributed by atoms with Crippen LogP contribution in [0.25, 0.3) is 0 Å². The van der Waals surface area contributed by atoms with Crippen molar-refractivity contribution in [2.24, 2.45) is 11.3 Å². The molecule has 2 fully saturated rings. The molecule has 2 aromatic rings. The lowest BCUT2D eigenvalue weighted by Gasteiger charge is -2.37. The molecule has 0 saturated carbocycles. The summed E-state index contributed by atoms with van der Waals surface area (Å²) < 4.78 is 65.4. The molecule has 1 amide bonds. The largest absolute Gasteiger partial charge is 0.490 e. The van der Waals surface area contributed by atoms with Gasteiger partial charge in [-0.05, 0) is 49.1 Å². The maximum Gasteiger partial charge on any atom is 0.490 e. The summed E-state index contributed by atoms with van der Waals surface area (Å²) in [4.78, 5) is 26.4. The Bertz CT molecular complexity index is 1180. The van der Waals surface area contributed by atoms with E-state index in [2.05, 4.69) is 10.3 Å². The van der Waals surface area contributed by atoms with E-state index in [4.69, 9.17) is 14.6 Å². The van der Waals surface area contributed by atoms with Crippen LogP contribution in [0.2, 0.25) is 0 Å². The number of hydrogen-bond donors (Lipinski definition) is 2. The Morgan fingerprint density at radius 1 is 1.19 bits per heavy atom. The van der Waals surface area contributed by atoms with Crippen molar-refractivity contribution in [1.82, 2.24) is 9.29 Å². The second-order valence-corrected chi connectivity index (χ2v) is 10.8. The minimum Gasteiger partial charge on any atom is -0.475 e. The molecule has 3 heterocycles. The van der Waals surface area contributed by atoms with Crippen LogP contribution in [0, 0.1) is 11.3 Å². The number of benzene rings is 1. The fraction of sp³-hybridized carbons (Fsp3) is 0.458. The van der Waals surface area contributed by atoms with Crippen LogP contribution in [0.3, 0.4) is 0 Å². The summed E-state index contributed by atoms with van der Waals surface area (Å²) in [6.45, 7) is 3.61. The first kappa shape index (κ1) is 28.5. The number of sulfonamides is 1. The highest BCUT2D eigenvalue weighted by molar-refractivity contribution is 7.89. The number of ether oxygens (including phenoxy) is 1. The molecule has 1 spiro atoms. The number of aromatic nitrogens is 1. The molecular formula is C24H28F3N3O6S. The summed E-state index contributed by atoms with van der Waals surface area (Å²) in [6, 6.07) is 10.5. The van der Waals surface area contributed by atoms with Crippen molar-refractivity contribution >= 4 is 27.6 Å². The lowest BCUT2D eigenvalue weighted by atomic mass is 9.72. The number of carbonyl (C=O) groups excluding carboxylic acids is 1. The highest BCUT2D eigenvalue weighted by atomic mass is 32.2. The fourth-order valence-electron chi connectivity index (χ4n) is 4.46. The lowest BCUT2D eigenvalue weighted by Crippen LogP contribution is -2.42. The Labute approximate surface area is 212 Å². The van der Waals surface area contributed by atoms with E-state index in [1.54, 1.807) is 36.7 Å². The minimum atomic E-state index is -5.08. The van der Waals surface area contributed by atoms with E-state index in [0.29, 0.717) is 38.3 Å². The molecule has 0 radical (unpaired) electrons. The first-order valence-corrected chi connectivity index (χ1v) is 13.0. The SMILES string of the molecule is CCc1ccc(S(=O)(=O)N2CC(C(=O)Nc3cccnc3)C3(CCOCC3)C2)cc1.O=C(O)C(F)(F)F. The molecule has 13 heteroatoms. The first-order valence-electron chi connectivity index (χ1n) is 11.6. The van der Waals surface area contributed by atoms with Gasteiger partial charge in [0.2, 0.25) is 15.9 Å². The number of aryl methyl sites for hydroxylation is 1. The van der Waals surface area contributed by atoms with Crippen molar-refractivity contribution in [2.75, 3.05) is 31.6 Å². The standard InChI is InChI=1S/C22H27N3O4S.C2HF3O2/c1-2-17-5-7-19(8-6-17)30(27,28)25-15-20(22(16-25)9-12-29-13-10-22)21(26)24-18-4-3-11-23-14-18;3-2(4,5)1(6)7/h3-8,11,14,20H,2,9-10,12-13,15-16H2,1H3,(H,24,26);(H,6,7). The van der Waals surface area contributed by atoms with Gasteiger partial charge in [0.25, 0.3) is 0 Å². The Kier molecular flexibility index (Phi) is 8.92. The highest BCUT2D eigenvalue weighted by Crippen LogP contribution is 2.46. The number of halogens is 3. The number of rotatable bonds is 5. The molecule has 9 nitrogen and oxygen atoms in total. The molecule has 2 saturated heterocycles. The van der Waals surface area contributed by atoms with Gasteiger partial charge in [-0.2, -0.15) is 17.5 Å². The first-order chi connectivity index (χ1) is 17.4. The van der Waals surface area contributed by atoms with Gasteiger partial charge in [0.15, 0.2) is 0 Å². The molecule has 1 unspecified atom stereocenters. The lowest BCUT2D eigenvalue weighted by molar-refractivity contribution is -0.192. The third kappa shape index (κ3) is 6.84. The number of carboxylic acids is 1. The van der Waals surface area contributed by atoms with Crippen molar-refractivity contribution in [3.63, 3.8) is 0 Å². The van der Waals surface area contributed by atoms with E-state index in [9.17, 15) is 26.4 Å². The molecule has 4 rings (SSSR count). The number of carbonyl (C=O) groups is 2. The van der Waals surface area contributed by atoms with Gasteiger partial charge in [-0.1, -0.05) is 19.1 Å². The minimum absolute atomic E-state index is 0.163. The zero-order valence-electron chi connectivity index (χ0n) is 20.1. The van der Waals surface area contributed by atoms with Gasteiger partial charge in [-0.25, -0.2) is 13.2 Å². The Balaban J connectivity index is 0.000000479. The zero-order valence-corrected chi connectivity index (χ0v) is 20.9. The summed E-state index contributed by atoms with van der Waals surface area (Å²) in [7, 11) is -3.68. The zero-order chi connectivity index (χ0) is 27.3. The van der Waals surface area contributed by atoms with Crippen molar-refractivity contribution < 1.29 is 41.0 Å². The van der Waals surface area contributed by atoms with Gasteiger partial charge in [-0.3, -0.25) is 9.78 Å². The van der Waals surface area contributed by atoms with Crippen molar-refractivity contribution in [3.05, 3.63) is 54.4 Å². The molecule has 2 aliphatic heterocycles. The summed E-state index contributed by atoms with van der Waals surface area (Å²) in [5.41, 5.74) is 1.28. The number of nitrogens with one attached hydrogen (secondary N) is 1. The molecular weight excluding hydrogens is 515 g/mol. The molecule has 37 heavy (non-hydrogen) atoms. The molecule has 0 bridgehead atoms. The van der Waals surface area contributed by atoms with Crippen LogP contribution in [0.4, 0.5) is 18.9 Å². The normalized spacial score (nSPS) is 19.6. The topological polar surface area (TPSA) is 126 Å². The molecule has 202 valence electrons. The number of amides is 1. The summed E-state index contributed by atoms with van der Waals surface area (Å²) in [6.07, 6.45) is 0.332. The number of nitrogens with zero attached hydrogens (tertiary/aromatic N) is 2. The van der Waals surface area contributed by atoms with Crippen LogP contribution < -0.4 is 5.32 Å². The van der Waals surface area contributed by atoms with Gasteiger partial charge in [0, 0.05) is 37.9 Å². The number of alkyl halides is 3.